The number of nitrogens with zero attached hydrogens (tertiary/aromatic N) is 3. The van der Waals surface area contributed by atoms with Crippen LogP contribution in [0.1, 0.15) is 43.6 Å². The van der Waals surface area contributed by atoms with Crippen molar-refractivity contribution >= 4 is 33.4 Å². The first-order valence-corrected chi connectivity index (χ1v) is 12.6. The van der Waals surface area contributed by atoms with Gasteiger partial charge in [0.2, 0.25) is 0 Å². The molecular weight excluding hydrogens is 448 g/mol. The highest BCUT2D eigenvalue weighted by atomic mass is 16.5. The van der Waals surface area contributed by atoms with Gasteiger partial charge in [-0.1, -0.05) is 67.8 Å². The molecule has 0 spiro atoms. The number of amides is 1. The monoisotopic (exact) mass is 476 g/mol. The van der Waals surface area contributed by atoms with Gasteiger partial charge in [-0.05, 0) is 66.1 Å². The number of hydrogen-bond donors (Lipinski definition) is 1. The molecule has 1 saturated carbocycles. The number of hydrogen-bond acceptors (Lipinski definition) is 4. The van der Waals surface area contributed by atoms with Crippen LogP contribution in [0.2, 0.25) is 0 Å². The molecule has 1 aliphatic rings. The maximum absolute atomic E-state index is 12.5. The summed E-state index contributed by atoms with van der Waals surface area (Å²) in [6.07, 6.45) is 6.51. The summed E-state index contributed by atoms with van der Waals surface area (Å²) < 4.78 is 5.73. The topological polar surface area (TPSA) is 69.0 Å². The lowest BCUT2D eigenvalue weighted by Gasteiger charge is -2.22. The molecule has 1 heterocycles. The molecule has 6 heteroatoms. The van der Waals surface area contributed by atoms with E-state index in [2.05, 4.69) is 45.8 Å². The van der Waals surface area contributed by atoms with Crippen molar-refractivity contribution in [2.24, 2.45) is 0 Å². The standard InChI is InChI=1S/C30H28N4O2/c35-30(20-36-25-16-13-22(14-17-25)21-7-2-1-3-8-21)31-24-15-18-27-28(19-24)33-34(32-27)29-12-6-10-23-9-4-5-11-26(23)29/h4-6,9-19,21H,1-3,7-8,20H2,(H,31,35). The smallest absolute Gasteiger partial charge is 0.262 e. The van der Waals surface area contributed by atoms with Crippen molar-refractivity contribution in [1.29, 1.82) is 0 Å². The van der Waals surface area contributed by atoms with Crippen LogP contribution in [0.25, 0.3) is 27.5 Å². The van der Waals surface area contributed by atoms with Crippen LogP contribution in [0.5, 0.6) is 5.75 Å². The quantitative estimate of drug-likeness (QED) is 0.298. The number of fused-ring (bicyclic) bond motifs is 2. The maximum atomic E-state index is 12.5. The number of carbonyl (C=O) groups is 1. The van der Waals surface area contributed by atoms with E-state index < -0.39 is 0 Å². The summed E-state index contributed by atoms with van der Waals surface area (Å²) in [5, 5.41) is 14.4. The Bertz CT molecular complexity index is 1510. The van der Waals surface area contributed by atoms with E-state index in [0.29, 0.717) is 22.9 Å². The molecule has 1 fully saturated rings. The van der Waals surface area contributed by atoms with Crippen molar-refractivity contribution in [2.75, 3.05) is 11.9 Å². The summed E-state index contributed by atoms with van der Waals surface area (Å²) in [4.78, 5) is 14.2. The van der Waals surface area contributed by atoms with Crippen LogP contribution in [0, 0.1) is 0 Å². The molecule has 4 aromatic carbocycles. The van der Waals surface area contributed by atoms with Crippen LogP contribution < -0.4 is 10.1 Å². The summed E-state index contributed by atoms with van der Waals surface area (Å²) in [6, 6.07) is 28.0. The maximum Gasteiger partial charge on any atom is 0.262 e. The first kappa shape index (κ1) is 22.3. The second kappa shape index (κ2) is 9.82. The molecule has 6 nitrogen and oxygen atoms in total. The average molecular weight is 477 g/mol. The fourth-order valence-electron chi connectivity index (χ4n) is 5.10. The SMILES string of the molecule is O=C(COc1ccc(C2CCCCC2)cc1)Nc1ccc2nn(-c3cccc4ccccc34)nc2c1. The Labute approximate surface area is 209 Å². The summed E-state index contributed by atoms with van der Waals surface area (Å²) in [5.41, 5.74) is 4.41. The zero-order valence-electron chi connectivity index (χ0n) is 20.1. The Morgan fingerprint density at radius 3 is 2.50 bits per heavy atom. The molecule has 0 atom stereocenters. The lowest BCUT2D eigenvalue weighted by molar-refractivity contribution is -0.118. The van der Waals surface area contributed by atoms with E-state index in [-0.39, 0.29) is 12.5 Å². The number of ether oxygens (including phenoxy) is 1. The van der Waals surface area contributed by atoms with Crippen LogP contribution in [-0.2, 0) is 4.79 Å². The second-order valence-corrected chi connectivity index (χ2v) is 9.43. The Hall–Kier alpha value is -4.19. The molecule has 0 aliphatic heterocycles. The Balaban J connectivity index is 1.11. The Morgan fingerprint density at radius 2 is 1.64 bits per heavy atom. The minimum Gasteiger partial charge on any atom is -0.484 e. The molecule has 36 heavy (non-hydrogen) atoms. The van der Waals surface area contributed by atoms with Gasteiger partial charge in [-0.25, -0.2) is 0 Å². The number of rotatable bonds is 6. The minimum atomic E-state index is -0.216. The molecule has 1 N–H and O–H groups in total. The average Bonchev–Trinajstić information content (AvgIpc) is 3.36. The van der Waals surface area contributed by atoms with E-state index in [9.17, 15) is 4.79 Å². The fraction of sp³-hybridized carbons (Fsp3) is 0.233. The fourth-order valence-corrected chi connectivity index (χ4v) is 5.10. The van der Waals surface area contributed by atoms with Crippen molar-refractivity contribution < 1.29 is 9.53 Å². The van der Waals surface area contributed by atoms with Crippen LogP contribution in [-0.4, -0.2) is 27.5 Å². The van der Waals surface area contributed by atoms with Gasteiger partial charge in [0.1, 0.15) is 16.8 Å². The number of benzene rings is 4. The second-order valence-electron chi connectivity index (χ2n) is 9.43. The summed E-state index contributed by atoms with van der Waals surface area (Å²) in [7, 11) is 0. The van der Waals surface area contributed by atoms with Crippen LogP contribution in [0.4, 0.5) is 5.69 Å². The largest absolute Gasteiger partial charge is 0.484 e. The summed E-state index contributed by atoms with van der Waals surface area (Å²) in [5.74, 6) is 1.15. The summed E-state index contributed by atoms with van der Waals surface area (Å²) in [6.45, 7) is -0.0521. The van der Waals surface area contributed by atoms with Gasteiger partial charge < -0.3 is 10.1 Å². The number of aromatic nitrogens is 3. The number of anilines is 1. The first-order valence-electron chi connectivity index (χ1n) is 12.6. The van der Waals surface area contributed by atoms with Gasteiger partial charge in [-0.2, -0.15) is 0 Å². The van der Waals surface area contributed by atoms with E-state index in [0.717, 1.165) is 22.0 Å². The highest BCUT2D eigenvalue weighted by molar-refractivity contribution is 5.94. The van der Waals surface area contributed by atoms with Crippen molar-refractivity contribution in [1.82, 2.24) is 15.0 Å². The predicted octanol–water partition coefficient (Wildman–Crippen LogP) is 6.64. The molecule has 0 saturated heterocycles. The zero-order chi connectivity index (χ0) is 24.3. The van der Waals surface area contributed by atoms with Gasteiger partial charge >= 0.3 is 0 Å². The third-order valence-corrected chi connectivity index (χ3v) is 6.97. The van der Waals surface area contributed by atoms with E-state index in [1.165, 1.54) is 37.7 Å². The molecule has 0 unspecified atom stereocenters. The molecule has 0 radical (unpaired) electrons. The van der Waals surface area contributed by atoms with Gasteiger partial charge in [-0.15, -0.1) is 15.0 Å². The minimum absolute atomic E-state index is 0.0521. The van der Waals surface area contributed by atoms with Gasteiger partial charge in [0.25, 0.3) is 5.91 Å². The van der Waals surface area contributed by atoms with Crippen LogP contribution >= 0.6 is 0 Å². The predicted molar refractivity (Wildman–Crippen MR) is 143 cm³/mol. The van der Waals surface area contributed by atoms with Crippen LogP contribution in [0.3, 0.4) is 0 Å². The van der Waals surface area contributed by atoms with Crippen molar-refractivity contribution in [2.45, 2.75) is 38.0 Å². The van der Waals surface area contributed by atoms with E-state index >= 15 is 0 Å². The van der Waals surface area contributed by atoms with E-state index in [1.807, 2.05) is 54.6 Å². The van der Waals surface area contributed by atoms with Crippen molar-refractivity contribution in [3.8, 4) is 11.4 Å². The van der Waals surface area contributed by atoms with E-state index in [4.69, 9.17) is 4.74 Å². The van der Waals surface area contributed by atoms with Gasteiger partial charge in [0, 0.05) is 11.1 Å². The number of nitrogens with one attached hydrogen (secondary N) is 1. The lowest BCUT2D eigenvalue weighted by atomic mass is 9.84. The summed E-state index contributed by atoms with van der Waals surface area (Å²) >= 11 is 0. The number of carbonyl (C=O) groups excluding carboxylic acids is 1. The van der Waals surface area contributed by atoms with Gasteiger partial charge in [0.05, 0.1) is 5.69 Å². The Morgan fingerprint density at radius 1 is 0.861 bits per heavy atom. The van der Waals surface area contributed by atoms with Crippen molar-refractivity contribution in [3.63, 3.8) is 0 Å². The molecule has 1 aromatic heterocycles. The molecule has 180 valence electrons. The van der Waals surface area contributed by atoms with Crippen LogP contribution in [0.15, 0.2) is 84.9 Å². The third kappa shape index (κ3) is 4.67. The third-order valence-electron chi connectivity index (χ3n) is 6.97. The lowest BCUT2D eigenvalue weighted by Crippen LogP contribution is -2.20. The van der Waals surface area contributed by atoms with Gasteiger partial charge in [0.15, 0.2) is 6.61 Å². The molecule has 0 bridgehead atoms. The van der Waals surface area contributed by atoms with E-state index in [1.54, 1.807) is 4.80 Å². The highest BCUT2D eigenvalue weighted by Crippen LogP contribution is 2.33. The molecule has 6 rings (SSSR count). The highest BCUT2D eigenvalue weighted by Gasteiger charge is 2.15. The molecule has 1 aliphatic carbocycles. The molecular formula is C30H28N4O2. The molecule has 1 amide bonds. The Kier molecular flexibility index (Phi) is 6.08. The van der Waals surface area contributed by atoms with Crippen molar-refractivity contribution in [3.05, 3.63) is 90.5 Å². The van der Waals surface area contributed by atoms with Gasteiger partial charge in [-0.3, -0.25) is 4.79 Å². The molecule has 5 aromatic rings. The first-order chi connectivity index (χ1) is 17.7. The normalized spacial score (nSPS) is 14.2. The zero-order valence-corrected chi connectivity index (χ0v) is 20.1.